The molecule has 3 rings (SSSR count). The van der Waals surface area contributed by atoms with Crippen LogP contribution in [0.1, 0.15) is 29.7 Å². The first-order chi connectivity index (χ1) is 13.5. The molecule has 0 fully saturated rings. The van der Waals surface area contributed by atoms with E-state index in [4.69, 9.17) is 0 Å². The van der Waals surface area contributed by atoms with Gasteiger partial charge < -0.3 is 9.88 Å². The van der Waals surface area contributed by atoms with Crippen molar-refractivity contribution in [1.29, 1.82) is 0 Å². The lowest BCUT2D eigenvalue weighted by Crippen LogP contribution is -2.12. The second-order valence-corrected chi connectivity index (χ2v) is 6.60. The highest BCUT2D eigenvalue weighted by Crippen LogP contribution is 2.39. The summed E-state index contributed by atoms with van der Waals surface area (Å²) in [6.07, 6.45) is -8.56. The highest BCUT2D eigenvalue weighted by molar-refractivity contribution is 5.64. The Kier molecular flexibility index (Phi) is 5.34. The third-order valence-corrected chi connectivity index (χ3v) is 4.52. The van der Waals surface area contributed by atoms with Crippen molar-refractivity contribution in [3.05, 3.63) is 71.4 Å². The van der Waals surface area contributed by atoms with Crippen molar-refractivity contribution in [2.45, 2.75) is 25.3 Å². The van der Waals surface area contributed by atoms with Gasteiger partial charge in [-0.1, -0.05) is 30.3 Å². The van der Waals surface area contributed by atoms with Crippen LogP contribution >= 0.6 is 0 Å². The fourth-order valence-corrected chi connectivity index (χ4v) is 2.93. The Morgan fingerprint density at radius 1 is 0.897 bits per heavy atom. The van der Waals surface area contributed by atoms with Gasteiger partial charge >= 0.3 is 12.4 Å². The van der Waals surface area contributed by atoms with Crippen LogP contribution < -0.4 is 5.32 Å². The van der Waals surface area contributed by atoms with Gasteiger partial charge in [-0.2, -0.15) is 26.3 Å². The first kappa shape index (κ1) is 20.8. The predicted octanol–water partition coefficient (Wildman–Crippen LogP) is 6.30. The number of anilines is 1. The molecule has 1 atom stereocenters. The van der Waals surface area contributed by atoms with Crippen molar-refractivity contribution >= 4 is 5.95 Å². The normalized spacial score (nSPS) is 13.4. The van der Waals surface area contributed by atoms with Gasteiger partial charge in [-0.05, 0) is 30.7 Å². The third kappa shape index (κ3) is 4.55. The summed E-state index contributed by atoms with van der Waals surface area (Å²) < 4.78 is 80.1. The first-order valence-corrected chi connectivity index (χ1v) is 8.60. The molecule has 1 aromatic heterocycles. The summed E-state index contributed by atoms with van der Waals surface area (Å²) >= 11 is 0. The lowest BCUT2D eigenvalue weighted by Gasteiger charge is -2.17. The number of nitrogens with one attached hydrogen (secondary N) is 1. The Morgan fingerprint density at radius 2 is 1.45 bits per heavy atom. The van der Waals surface area contributed by atoms with E-state index in [1.165, 1.54) is 17.8 Å². The third-order valence-electron chi connectivity index (χ3n) is 4.52. The van der Waals surface area contributed by atoms with E-state index in [-0.39, 0.29) is 23.4 Å². The molecule has 0 bridgehead atoms. The van der Waals surface area contributed by atoms with Crippen LogP contribution in [0.5, 0.6) is 0 Å². The Morgan fingerprint density at radius 3 is 1.97 bits per heavy atom. The van der Waals surface area contributed by atoms with E-state index >= 15 is 0 Å². The number of alkyl halides is 6. The SMILES string of the molecule is CC(Nc1ncc(-c2cc(C(F)(F)F)cc(C(F)(F)F)c2)n1C)c1ccccc1. The van der Waals surface area contributed by atoms with Gasteiger partial charge in [0.05, 0.1) is 29.1 Å². The highest BCUT2D eigenvalue weighted by atomic mass is 19.4. The van der Waals surface area contributed by atoms with E-state index in [1.54, 1.807) is 0 Å². The standard InChI is InChI=1S/C20H17F6N3/c1-12(13-6-4-3-5-7-13)28-18-27-11-17(29(18)2)14-8-15(19(21,22)23)10-16(9-14)20(24,25)26/h3-12H,1-2H3,(H,27,28). The molecule has 29 heavy (non-hydrogen) atoms. The van der Waals surface area contributed by atoms with E-state index in [0.29, 0.717) is 18.1 Å². The molecule has 0 saturated carbocycles. The summed E-state index contributed by atoms with van der Waals surface area (Å²) in [5, 5.41) is 3.11. The van der Waals surface area contributed by atoms with Gasteiger partial charge in [0.25, 0.3) is 0 Å². The quantitative estimate of drug-likeness (QED) is 0.509. The maximum atomic E-state index is 13.1. The van der Waals surface area contributed by atoms with Crippen molar-refractivity contribution in [2.75, 3.05) is 5.32 Å². The number of imidazole rings is 1. The molecule has 1 unspecified atom stereocenters. The first-order valence-electron chi connectivity index (χ1n) is 8.60. The molecule has 0 radical (unpaired) electrons. The minimum atomic E-state index is -4.91. The van der Waals surface area contributed by atoms with Crippen molar-refractivity contribution in [3.8, 4) is 11.3 Å². The molecule has 154 valence electrons. The summed E-state index contributed by atoms with van der Waals surface area (Å²) in [5.41, 5.74) is -1.87. The van der Waals surface area contributed by atoms with E-state index in [2.05, 4.69) is 10.3 Å². The Labute approximate surface area is 163 Å². The van der Waals surface area contributed by atoms with Crippen LogP contribution in [0.4, 0.5) is 32.3 Å². The van der Waals surface area contributed by atoms with Crippen molar-refractivity contribution in [2.24, 2.45) is 7.05 Å². The van der Waals surface area contributed by atoms with Crippen LogP contribution in [-0.2, 0) is 19.4 Å². The molecule has 1 heterocycles. The Balaban J connectivity index is 1.99. The summed E-state index contributed by atoms with van der Waals surface area (Å²) in [6.45, 7) is 1.87. The van der Waals surface area contributed by atoms with Gasteiger partial charge in [0, 0.05) is 12.6 Å². The molecule has 3 nitrogen and oxygen atoms in total. The maximum absolute atomic E-state index is 13.1. The molecule has 0 amide bonds. The van der Waals surface area contributed by atoms with Crippen molar-refractivity contribution < 1.29 is 26.3 Å². The maximum Gasteiger partial charge on any atom is 0.416 e. The smallest absolute Gasteiger partial charge is 0.349 e. The Bertz CT molecular complexity index is 957. The van der Waals surface area contributed by atoms with Gasteiger partial charge in [-0.25, -0.2) is 4.98 Å². The second-order valence-electron chi connectivity index (χ2n) is 6.60. The van der Waals surface area contributed by atoms with Crippen LogP contribution in [-0.4, -0.2) is 9.55 Å². The largest absolute Gasteiger partial charge is 0.416 e. The van der Waals surface area contributed by atoms with Gasteiger partial charge in [-0.3, -0.25) is 0 Å². The van der Waals surface area contributed by atoms with Gasteiger partial charge in [0.15, 0.2) is 0 Å². The van der Waals surface area contributed by atoms with Crippen molar-refractivity contribution in [1.82, 2.24) is 9.55 Å². The van der Waals surface area contributed by atoms with Crippen LogP contribution in [0, 0.1) is 0 Å². The van der Waals surface area contributed by atoms with Gasteiger partial charge in [0.2, 0.25) is 5.95 Å². The zero-order valence-corrected chi connectivity index (χ0v) is 15.4. The monoisotopic (exact) mass is 413 g/mol. The van der Waals surface area contributed by atoms with E-state index in [1.807, 2.05) is 37.3 Å². The minimum absolute atomic E-state index is 0.108. The number of hydrogen-bond acceptors (Lipinski definition) is 2. The molecule has 1 N–H and O–H groups in total. The molecule has 0 aliphatic heterocycles. The fourth-order valence-electron chi connectivity index (χ4n) is 2.93. The lowest BCUT2D eigenvalue weighted by atomic mass is 10.0. The van der Waals surface area contributed by atoms with Crippen molar-refractivity contribution in [3.63, 3.8) is 0 Å². The van der Waals surface area contributed by atoms with Crippen LogP contribution in [0.2, 0.25) is 0 Å². The number of aromatic nitrogens is 2. The highest BCUT2D eigenvalue weighted by Gasteiger charge is 2.37. The van der Waals surface area contributed by atoms with Gasteiger partial charge in [-0.15, -0.1) is 0 Å². The zero-order valence-electron chi connectivity index (χ0n) is 15.4. The fraction of sp³-hybridized carbons (Fsp3) is 0.250. The zero-order chi connectivity index (χ0) is 21.4. The lowest BCUT2D eigenvalue weighted by molar-refractivity contribution is -0.143. The molecule has 0 spiro atoms. The number of rotatable bonds is 4. The number of benzene rings is 2. The van der Waals surface area contributed by atoms with E-state index < -0.39 is 23.5 Å². The van der Waals surface area contributed by atoms with E-state index in [0.717, 1.165) is 5.56 Å². The second kappa shape index (κ2) is 7.46. The van der Waals surface area contributed by atoms with Crippen LogP contribution in [0.3, 0.4) is 0 Å². The molecular formula is C20H17F6N3. The Hall–Kier alpha value is -2.97. The number of nitrogens with zero attached hydrogens (tertiary/aromatic N) is 2. The molecule has 0 saturated heterocycles. The van der Waals surface area contributed by atoms with Crippen LogP contribution in [0.15, 0.2) is 54.7 Å². The summed E-state index contributed by atoms with van der Waals surface area (Å²) in [4.78, 5) is 4.13. The van der Waals surface area contributed by atoms with Crippen LogP contribution in [0.25, 0.3) is 11.3 Å². The summed E-state index contributed by atoms with van der Waals surface area (Å²) in [6, 6.07) is 10.7. The molecule has 2 aromatic carbocycles. The van der Waals surface area contributed by atoms with Gasteiger partial charge in [0.1, 0.15) is 0 Å². The number of hydrogen-bond donors (Lipinski definition) is 1. The summed E-state index contributed by atoms with van der Waals surface area (Å²) in [5.74, 6) is 0.322. The minimum Gasteiger partial charge on any atom is -0.349 e. The topological polar surface area (TPSA) is 29.9 Å². The molecule has 0 aliphatic carbocycles. The molecule has 0 aliphatic rings. The summed E-state index contributed by atoms with van der Waals surface area (Å²) in [7, 11) is 1.52. The predicted molar refractivity (Wildman–Crippen MR) is 97.1 cm³/mol. The molecular weight excluding hydrogens is 396 g/mol. The average Bonchev–Trinajstić information content (AvgIpc) is 3.01. The molecule has 3 aromatic rings. The average molecular weight is 413 g/mol. The molecule has 9 heteroatoms. The van der Waals surface area contributed by atoms with E-state index in [9.17, 15) is 26.3 Å². The number of halogens is 6.